The Balaban J connectivity index is 1.71. The van der Waals surface area contributed by atoms with Gasteiger partial charge < -0.3 is 20.8 Å². The monoisotopic (exact) mass is 323 g/mol. The number of benzene rings is 1. The maximum absolute atomic E-state index is 12.3. The molecule has 1 aromatic heterocycles. The lowest BCUT2D eigenvalue weighted by Crippen LogP contribution is -2.42. The van der Waals surface area contributed by atoms with Crippen LogP contribution in [0.1, 0.15) is 29.0 Å². The van der Waals surface area contributed by atoms with Gasteiger partial charge in [0.2, 0.25) is 0 Å². The minimum Gasteiger partial charge on any atom is -0.451 e. The van der Waals surface area contributed by atoms with Crippen LogP contribution in [0.5, 0.6) is 0 Å². The minimum absolute atomic E-state index is 0.160. The molecule has 0 unspecified atom stereocenters. The van der Waals surface area contributed by atoms with Crippen molar-refractivity contribution >= 4 is 5.91 Å². The molecule has 5 heteroatoms. The number of carbonyl (C=O) groups excluding carboxylic acids is 1. The molecule has 1 amide bonds. The highest BCUT2D eigenvalue weighted by Gasteiger charge is 2.18. The molecule has 0 aliphatic carbocycles. The number of furan rings is 1. The van der Waals surface area contributed by atoms with Crippen molar-refractivity contribution in [3.63, 3.8) is 0 Å². The molecule has 0 bridgehead atoms. The molecule has 0 atom stereocenters. The maximum atomic E-state index is 12.3. The zero-order valence-corrected chi connectivity index (χ0v) is 13.5. The average Bonchev–Trinajstić information content (AvgIpc) is 3.11. The van der Waals surface area contributed by atoms with E-state index in [2.05, 4.69) is 22.5 Å². The Kier molecular flexibility index (Phi) is 5.32. The Bertz CT molecular complexity index is 764. The van der Waals surface area contributed by atoms with Gasteiger partial charge in [-0.25, -0.2) is 0 Å². The summed E-state index contributed by atoms with van der Waals surface area (Å²) in [5, 5.41) is 6.31. The Hall–Kier alpha value is -2.55. The topological polar surface area (TPSA) is 80.3 Å². The molecule has 2 heterocycles. The molecule has 0 saturated carbocycles. The van der Waals surface area contributed by atoms with E-state index in [0.29, 0.717) is 18.1 Å². The van der Waals surface area contributed by atoms with Crippen molar-refractivity contribution < 1.29 is 9.21 Å². The molecule has 1 fully saturated rings. The molecule has 1 aliphatic heterocycles. The van der Waals surface area contributed by atoms with E-state index < -0.39 is 0 Å². The molecule has 1 aromatic carbocycles. The molecule has 3 rings (SSSR count). The van der Waals surface area contributed by atoms with Crippen molar-refractivity contribution in [3.8, 4) is 23.2 Å². The number of piperidine rings is 1. The lowest BCUT2D eigenvalue weighted by Gasteiger charge is -2.23. The first-order chi connectivity index (χ1) is 11.8. The molecule has 1 saturated heterocycles. The highest BCUT2D eigenvalue weighted by Crippen LogP contribution is 2.23. The number of hydrogen-bond acceptors (Lipinski definition) is 4. The Morgan fingerprint density at radius 3 is 2.92 bits per heavy atom. The molecule has 1 aliphatic rings. The highest BCUT2D eigenvalue weighted by atomic mass is 16.3. The summed E-state index contributed by atoms with van der Waals surface area (Å²) in [4.78, 5) is 12.3. The van der Waals surface area contributed by atoms with E-state index in [1.807, 2.05) is 30.3 Å². The Morgan fingerprint density at radius 2 is 2.12 bits per heavy atom. The van der Waals surface area contributed by atoms with E-state index in [1.54, 1.807) is 6.07 Å². The number of amides is 1. The smallest absolute Gasteiger partial charge is 0.287 e. The van der Waals surface area contributed by atoms with Gasteiger partial charge in [-0.2, -0.15) is 0 Å². The van der Waals surface area contributed by atoms with Crippen molar-refractivity contribution in [3.05, 3.63) is 47.7 Å². The van der Waals surface area contributed by atoms with Crippen LogP contribution in [0.15, 0.2) is 40.8 Å². The van der Waals surface area contributed by atoms with Gasteiger partial charge in [0.05, 0.1) is 6.54 Å². The molecule has 24 heavy (non-hydrogen) atoms. The summed E-state index contributed by atoms with van der Waals surface area (Å²) in [6.45, 7) is 2.20. The molecule has 2 aromatic rings. The first-order valence-electron chi connectivity index (χ1n) is 8.17. The van der Waals surface area contributed by atoms with Crippen molar-refractivity contribution in [2.24, 2.45) is 5.73 Å². The summed E-state index contributed by atoms with van der Waals surface area (Å²) in [7, 11) is 0. The number of nitrogens with one attached hydrogen (secondary N) is 2. The van der Waals surface area contributed by atoms with Gasteiger partial charge in [-0.3, -0.25) is 4.79 Å². The average molecular weight is 323 g/mol. The molecule has 4 N–H and O–H groups in total. The van der Waals surface area contributed by atoms with Crippen LogP contribution in [0.2, 0.25) is 0 Å². The van der Waals surface area contributed by atoms with E-state index >= 15 is 0 Å². The van der Waals surface area contributed by atoms with Crippen molar-refractivity contribution in [2.45, 2.75) is 18.9 Å². The van der Waals surface area contributed by atoms with Gasteiger partial charge in [-0.1, -0.05) is 24.0 Å². The van der Waals surface area contributed by atoms with Crippen LogP contribution in [0.3, 0.4) is 0 Å². The van der Waals surface area contributed by atoms with E-state index in [1.165, 1.54) is 0 Å². The van der Waals surface area contributed by atoms with Gasteiger partial charge in [-0.15, -0.1) is 0 Å². The molecule has 5 nitrogen and oxygen atoms in total. The molecular weight excluding hydrogens is 302 g/mol. The first-order valence-corrected chi connectivity index (χ1v) is 8.17. The summed E-state index contributed by atoms with van der Waals surface area (Å²) in [6, 6.07) is 11.4. The summed E-state index contributed by atoms with van der Waals surface area (Å²) < 4.78 is 5.73. The largest absolute Gasteiger partial charge is 0.451 e. The van der Waals surface area contributed by atoms with Gasteiger partial charge in [-0.05, 0) is 50.2 Å². The molecule has 0 radical (unpaired) electrons. The third kappa shape index (κ3) is 4.05. The fourth-order valence-electron chi connectivity index (χ4n) is 2.74. The van der Waals surface area contributed by atoms with E-state index in [4.69, 9.17) is 10.2 Å². The lowest BCUT2D eigenvalue weighted by atomic mass is 10.1. The zero-order valence-electron chi connectivity index (χ0n) is 13.5. The Morgan fingerprint density at radius 1 is 1.29 bits per heavy atom. The second-order valence-electron chi connectivity index (χ2n) is 5.75. The lowest BCUT2D eigenvalue weighted by molar-refractivity contribution is 0.0902. The minimum atomic E-state index is -0.160. The van der Waals surface area contributed by atoms with Gasteiger partial charge in [0.25, 0.3) is 5.91 Å². The van der Waals surface area contributed by atoms with Crippen molar-refractivity contribution in [1.82, 2.24) is 10.6 Å². The van der Waals surface area contributed by atoms with Crippen molar-refractivity contribution in [1.29, 1.82) is 0 Å². The number of rotatable bonds is 3. The first kappa shape index (κ1) is 16.3. The third-order valence-electron chi connectivity index (χ3n) is 3.99. The summed E-state index contributed by atoms with van der Waals surface area (Å²) >= 11 is 0. The van der Waals surface area contributed by atoms with Crippen LogP contribution >= 0.6 is 0 Å². The van der Waals surface area contributed by atoms with Crippen LogP contribution in [0, 0.1) is 11.8 Å². The summed E-state index contributed by atoms with van der Waals surface area (Å²) in [6.07, 6.45) is 1.89. The SMILES string of the molecule is NCC#Cc1cccc(-c2ccc(C(=O)NC3CCNCC3)o2)c1. The highest BCUT2D eigenvalue weighted by molar-refractivity contribution is 5.92. The quantitative estimate of drug-likeness (QED) is 0.752. The fraction of sp³-hybridized carbons (Fsp3) is 0.316. The van der Waals surface area contributed by atoms with Gasteiger partial charge in [0.1, 0.15) is 5.76 Å². The van der Waals surface area contributed by atoms with Crippen LogP contribution in [0.4, 0.5) is 0 Å². The van der Waals surface area contributed by atoms with Gasteiger partial charge in [0, 0.05) is 17.2 Å². The van der Waals surface area contributed by atoms with E-state index in [0.717, 1.165) is 37.1 Å². The fourth-order valence-corrected chi connectivity index (χ4v) is 2.74. The van der Waals surface area contributed by atoms with E-state index in [-0.39, 0.29) is 11.9 Å². The van der Waals surface area contributed by atoms with Crippen LogP contribution in [0.25, 0.3) is 11.3 Å². The molecule has 124 valence electrons. The standard InChI is InChI=1S/C19H21N3O2/c20-10-2-4-14-3-1-5-15(13-14)17-6-7-18(24-17)19(23)22-16-8-11-21-12-9-16/h1,3,5-7,13,16,21H,8-12,20H2,(H,22,23). The number of carbonyl (C=O) groups is 1. The zero-order chi connectivity index (χ0) is 16.8. The normalized spacial score (nSPS) is 14.7. The third-order valence-corrected chi connectivity index (χ3v) is 3.99. The van der Waals surface area contributed by atoms with Crippen LogP contribution in [-0.4, -0.2) is 31.6 Å². The summed E-state index contributed by atoms with van der Waals surface area (Å²) in [5.41, 5.74) is 7.16. The predicted molar refractivity (Wildman–Crippen MR) is 93.4 cm³/mol. The predicted octanol–water partition coefficient (Wildman–Crippen LogP) is 1.74. The van der Waals surface area contributed by atoms with Crippen molar-refractivity contribution in [2.75, 3.05) is 19.6 Å². The molecular formula is C19H21N3O2. The number of nitrogens with two attached hydrogens (primary N) is 1. The Labute approximate surface area is 141 Å². The van der Waals surface area contributed by atoms with Gasteiger partial charge in [0.15, 0.2) is 5.76 Å². The van der Waals surface area contributed by atoms with Crippen LogP contribution < -0.4 is 16.4 Å². The summed E-state index contributed by atoms with van der Waals surface area (Å²) in [5.74, 6) is 6.66. The van der Waals surface area contributed by atoms with Gasteiger partial charge >= 0.3 is 0 Å². The maximum Gasteiger partial charge on any atom is 0.287 e. The second kappa shape index (κ2) is 7.82. The second-order valence-corrected chi connectivity index (χ2v) is 5.75. The van der Waals surface area contributed by atoms with E-state index in [9.17, 15) is 4.79 Å². The number of hydrogen-bond donors (Lipinski definition) is 3. The molecule has 0 spiro atoms. The van der Waals surface area contributed by atoms with Crippen LogP contribution in [-0.2, 0) is 0 Å².